The predicted molar refractivity (Wildman–Crippen MR) is 78.8 cm³/mol. The zero-order valence-corrected chi connectivity index (χ0v) is 12.0. The van der Waals surface area contributed by atoms with E-state index in [0.29, 0.717) is 11.6 Å². The van der Waals surface area contributed by atoms with Crippen molar-refractivity contribution in [2.24, 2.45) is 0 Å². The van der Waals surface area contributed by atoms with Crippen molar-refractivity contribution in [2.45, 2.75) is 0 Å². The molecule has 0 bridgehead atoms. The minimum Gasteiger partial charge on any atom is -0.435 e. The lowest BCUT2D eigenvalue weighted by Gasteiger charge is -2.08. The molecule has 0 radical (unpaired) electrons. The van der Waals surface area contributed by atoms with Crippen molar-refractivity contribution in [3.05, 3.63) is 58.2 Å². The van der Waals surface area contributed by atoms with E-state index in [0.717, 1.165) is 15.5 Å². The van der Waals surface area contributed by atoms with Gasteiger partial charge in [-0.15, -0.1) is 0 Å². The fourth-order valence-electron chi connectivity index (χ4n) is 1.66. The molecule has 3 aromatic rings. The van der Waals surface area contributed by atoms with E-state index < -0.39 is 0 Å². The lowest BCUT2D eigenvalue weighted by molar-refractivity contribution is 0.460. The summed E-state index contributed by atoms with van der Waals surface area (Å²) in [5, 5.41) is 0.245. The first kappa shape index (κ1) is 12.4. The normalized spacial score (nSPS) is 10.6. The number of fused-ring (bicyclic) bond motifs is 1. The highest BCUT2D eigenvalue weighted by molar-refractivity contribution is 9.10. The van der Waals surface area contributed by atoms with Gasteiger partial charge in [-0.05, 0) is 40.2 Å². The molecule has 0 saturated heterocycles. The van der Waals surface area contributed by atoms with Crippen molar-refractivity contribution in [2.75, 3.05) is 0 Å². The Morgan fingerprint density at radius 2 is 1.53 bits per heavy atom. The van der Waals surface area contributed by atoms with Gasteiger partial charge in [0.15, 0.2) is 5.15 Å². The summed E-state index contributed by atoms with van der Waals surface area (Å²) in [5.41, 5.74) is 1.49. The lowest BCUT2D eigenvalue weighted by atomic mass is 10.3. The quantitative estimate of drug-likeness (QED) is 0.672. The summed E-state index contributed by atoms with van der Waals surface area (Å²) in [4.78, 5) is 8.64. The van der Waals surface area contributed by atoms with Gasteiger partial charge in [-0.25, -0.2) is 9.97 Å². The second kappa shape index (κ2) is 5.15. The molecule has 5 heteroatoms. The highest BCUT2D eigenvalue weighted by Gasteiger charge is 2.10. The second-order valence-electron chi connectivity index (χ2n) is 3.84. The first-order valence-electron chi connectivity index (χ1n) is 5.59. The van der Waals surface area contributed by atoms with Gasteiger partial charge in [0.1, 0.15) is 5.75 Å². The molecule has 3 rings (SSSR count). The van der Waals surface area contributed by atoms with E-state index in [4.69, 9.17) is 16.3 Å². The van der Waals surface area contributed by atoms with E-state index >= 15 is 0 Å². The van der Waals surface area contributed by atoms with Gasteiger partial charge in [0.25, 0.3) is 5.88 Å². The molecule has 1 heterocycles. The summed E-state index contributed by atoms with van der Waals surface area (Å²) in [6.45, 7) is 0. The van der Waals surface area contributed by atoms with Gasteiger partial charge >= 0.3 is 0 Å². The fraction of sp³-hybridized carbons (Fsp3) is 0. The van der Waals surface area contributed by atoms with E-state index in [1.807, 2.05) is 48.5 Å². The monoisotopic (exact) mass is 334 g/mol. The molecule has 0 amide bonds. The van der Waals surface area contributed by atoms with E-state index in [2.05, 4.69) is 25.9 Å². The Bertz CT molecular complexity index is 748. The van der Waals surface area contributed by atoms with Crippen LogP contribution < -0.4 is 4.74 Å². The average Bonchev–Trinajstić information content (AvgIpc) is 2.42. The van der Waals surface area contributed by atoms with Crippen molar-refractivity contribution < 1.29 is 4.74 Å². The van der Waals surface area contributed by atoms with E-state index in [1.54, 1.807) is 0 Å². The number of benzene rings is 2. The summed E-state index contributed by atoms with van der Waals surface area (Å²) in [6.07, 6.45) is 0. The number of rotatable bonds is 2. The van der Waals surface area contributed by atoms with Gasteiger partial charge in [0, 0.05) is 0 Å². The van der Waals surface area contributed by atoms with Crippen LogP contribution >= 0.6 is 27.5 Å². The maximum atomic E-state index is 6.09. The first-order chi connectivity index (χ1) is 9.24. The molecular formula is C14H8BrClN2O. The largest absolute Gasteiger partial charge is 0.435 e. The SMILES string of the molecule is Clc1nc2ccccc2nc1Oc1ccccc1Br. The van der Waals surface area contributed by atoms with Crippen molar-refractivity contribution in [3.63, 3.8) is 0 Å². The maximum absolute atomic E-state index is 6.09. The number of halogens is 2. The molecular weight excluding hydrogens is 328 g/mol. The van der Waals surface area contributed by atoms with Gasteiger partial charge in [-0.2, -0.15) is 0 Å². The van der Waals surface area contributed by atoms with Crippen LogP contribution in [0.3, 0.4) is 0 Å². The number of ether oxygens (including phenoxy) is 1. The zero-order valence-electron chi connectivity index (χ0n) is 9.68. The van der Waals surface area contributed by atoms with Crippen molar-refractivity contribution in [1.29, 1.82) is 0 Å². The molecule has 1 aromatic heterocycles. The molecule has 0 N–H and O–H groups in total. The smallest absolute Gasteiger partial charge is 0.258 e. The Hall–Kier alpha value is -1.65. The van der Waals surface area contributed by atoms with Crippen LogP contribution in [0, 0.1) is 0 Å². The number of nitrogens with zero attached hydrogens (tertiary/aromatic N) is 2. The van der Waals surface area contributed by atoms with Gasteiger partial charge < -0.3 is 4.74 Å². The molecule has 0 aliphatic carbocycles. The van der Waals surface area contributed by atoms with Crippen molar-refractivity contribution >= 4 is 38.6 Å². The van der Waals surface area contributed by atoms with Crippen LogP contribution in [0.15, 0.2) is 53.0 Å². The van der Waals surface area contributed by atoms with Gasteiger partial charge in [0.05, 0.1) is 15.5 Å². The van der Waals surface area contributed by atoms with Gasteiger partial charge in [-0.1, -0.05) is 35.9 Å². The molecule has 0 fully saturated rings. The summed E-state index contributed by atoms with van der Waals surface area (Å²) in [5.74, 6) is 0.946. The third-order valence-electron chi connectivity index (χ3n) is 2.54. The Morgan fingerprint density at radius 3 is 2.26 bits per heavy atom. The highest BCUT2D eigenvalue weighted by atomic mass is 79.9. The molecule has 0 saturated carbocycles. The molecule has 0 unspecified atom stereocenters. The van der Waals surface area contributed by atoms with Gasteiger partial charge in [-0.3, -0.25) is 0 Å². The Morgan fingerprint density at radius 1 is 0.895 bits per heavy atom. The van der Waals surface area contributed by atoms with Crippen LogP contribution in [0.5, 0.6) is 11.6 Å². The Kier molecular flexibility index (Phi) is 3.36. The summed E-state index contributed by atoms with van der Waals surface area (Å²) in [6, 6.07) is 15.0. The van der Waals surface area contributed by atoms with Crippen LogP contribution in [0.1, 0.15) is 0 Å². The zero-order chi connectivity index (χ0) is 13.2. The van der Waals surface area contributed by atoms with Crippen LogP contribution in [0.4, 0.5) is 0 Å². The Labute approximate surface area is 123 Å². The van der Waals surface area contributed by atoms with Crippen LogP contribution in [-0.2, 0) is 0 Å². The lowest BCUT2D eigenvalue weighted by Crippen LogP contribution is -1.93. The van der Waals surface area contributed by atoms with E-state index in [-0.39, 0.29) is 5.15 Å². The number of aromatic nitrogens is 2. The topological polar surface area (TPSA) is 35.0 Å². The van der Waals surface area contributed by atoms with Crippen LogP contribution in [-0.4, -0.2) is 9.97 Å². The molecule has 0 aliphatic rings. The molecule has 0 aliphatic heterocycles. The first-order valence-corrected chi connectivity index (χ1v) is 6.76. The van der Waals surface area contributed by atoms with E-state index in [1.165, 1.54) is 0 Å². The van der Waals surface area contributed by atoms with Crippen molar-refractivity contribution in [3.8, 4) is 11.6 Å². The molecule has 94 valence electrons. The minimum absolute atomic E-state index is 0.245. The molecule has 2 aromatic carbocycles. The summed E-state index contributed by atoms with van der Waals surface area (Å²) < 4.78 is 6.53. The third kappa shape index (κ3) is 2.55. The van der Waals surface area contributed by atoms with Crippen LogP contribution in [0.2, 0.25) is 5.15 Å². The maximum Gasteiger partial charge on any atom is 0.258 e. The standard InChI is InChI=1S/C14H8BrClN2O/c15-9-5-1-4-8-12(9)19-14-13(16)17-10-6-2-3-7-11(10)18-14/h1-8H. The predicted octanol–water partition coefficient (Wildman–Crippen LogP) is 4.84. The molecule has 0 spiro atoms. The van der Waals surface area contributed by atoms with Gasteiger partial charge in [0.2, 0.25) is 0 Å². The number of hydrogen-bond donors (Lipinski definition) is 0. The van der Waals surface area contributed by atoms with Crippen molar-refractivity contribution in [1.82, 2.24) is 9.97 Å². The third-order valence-corrected chi connectivity index (χ3v) is 3.44. The number of hydrogen-bond acceptors (Lipinski definition) is 3. The minimum atomic E-state index is 0.245. The van der Waals surface area contributed by atoms with Crippen LogP contribution in [0.25, 0.3) is 11.0 Å². The summed E-state index contributed by atoms with van der Waals surface area (Å²) in [7, 11) is 0. The average molecular weight is 336 g/mol. The molecule has 19 heavy (non-hydrogen) atoms. The van der Waals surface area contributed by atoms with E-state index in [9.17, 15) is 0 Å². The number of para-hydroxylation sites is 3. The molecule has 3 nitrogen and oxygen atoms in total. The summed E-state index contributed by atoms with van der Waals surface area (Å²) >= 11 is 9.50. The second-order valence-corrected chi connectivity index (χ2v) is 5.05. The Balaban J connectivity index is 2.06. The highest BCUT2D eigenvalue weighted by Crippen LogP contribution is 2.32. The fourth-order valence-corrected chi connectivity index (χ4v) is 2.20. The molecule has 0 atom stereocenters.